The van der Waals surface area contributed by atoms with Crippen LogP contribution < -0.4 is 5.32 Å². The van der Waals surface area contributed by atoms with Crippen LogP contribution in [-0.2, 0) is 9.84 Å². The van der Waals surface area contributed by atoms with Crippen molar-refractivity contribution >= 4 is 20.6 Å². The Morgan fingerprint density at radius 2 is 1.67 bits per heavy atom. The van der Waals surface area contributed by atoms with E-state index in [0.29, 0.717) is 0 Å². The van der Waals surface area contributed by atoms with E-state index in [2.05, 4.69) is 17.4 Å². The zero-order valence-electron chi connectivity index (χ0n) is 12.8. The van der Waals surface area contributed by atoms with E-state index >= 15 is 0 Å². The molecule has 0 heterocycles. The summed E-state index contributed by atoms with van der Waals surface area (Å²) >= 11 is 0. The number of rotatable bonds is 6. The maximum atomic E-state index is 12.2. The first-order valence-corrected chi connectivity index (χ1v) is 9.10. The Kier molecular flexibility index (Phi) is 5.01. The van der Waals surface area contributed by atoms with Crippen molar-refractivity contribution in [3.8, 4) is 0 Å². The predicted octanol–water partition coefficient (Wildman–Crippen LogP) is 3.17. The third-order valence-electron chi connectivity index (χ3n) is 3.53. The Morgan fingerprint density at radius 3 is 2.29 bits per heavy atom. The lowest BCUT2D eigenvalue weighted by atomic mass is 10.0. The number of benzene rings is 2. The van der Waals surface area contributed by atoms with Gasteiger partial charge in [-0.2, -0.15) is 0 Å². The van der Waals surface area contributed by atoms with Gasteiger partial charge in [-0.1, -0.05) is 50.2 Å². The van der Waals surface area contributed by atoms with Crippen molar-refractivity contribution in [1.82, 2.24) is 5.32 Å². The van der Waals surface area contributed by atoms with Gasteiger partial charge in [-0.15, -0.1) is 0 Å². The van der Waals surface area contributed by atoms with Crippen molar-refractivity contribution in [3.63, 3.8) is 0 Å². The second-order valence-corrected chi connectivity index (χ2v) is 8.07. The lowest BCUT2D eigenvalue weighted by Gasteiger charge is -2.18. The number of nitrogens with one attached hydrogen (secondary N) is 1. The van der Waals surface area contributed by atoms with E-state index in [0.717, 1.165) is 10.9 Å². The van der Waals surface area contributed by atoms with E-state index in [1.165, 1.54) is 5.39 Å². The van der Waals surface area contributed by atoms with E-state index < -0.39 is 9.84 Å². The average Bonchev–Trinajstić information content (AvgIpc) is 2.43. The Hall–Kier alpha value is -1.39. The number of sulfone groups is 1. The molecule has 0 saturated heterocycles. The van der Waals surface area contributed by atoms with Crippen LogP contribution in [-0.4, -0.2) is 27.0 Å². The van der Waals surface area contributed by atoms with Crippen LogP contribution in [0.25, 0.3) is 10.8 Å². The highest BCUT2D eigenvalue weighted by molar-refractivity contribution is 7.91. The molecule has 0 aliphatic carbocycles. The van der Waals surface area contributed by atoms with Gasteiger partial charge in [0.15, 0.2) is 9.84 Å². The minimum atomic E-state index is -3.06. The molecule has 0 bridgehead atoms. The van der Waals surface area contributed by atoms with Crippen molar-refractivity contribution < 1.29 is 8.42 Å². The lowest BCUT2D eigenvalue weighted by molar-refractivity contribution is 0.563. The number of hydrogen-bond acceptors (Lipinski definition) is 3. The van der Waals surface area contributed by atoms with Crippen LogP contribution in [0.15, 0.2) is 42.5 Å². The zero-order valence-corrected chi connectivity index (χ0v) is 13.7. The summed E-state index contributed by atoms with van der Waals surface area (Å²) < 4.78 is 24.4. The molecule has 3 nitrogen and oxygen atoms in total. The highest BCUT2D eigenvalue weighted by atomic mass is 32.2. The standard InChI is InChI=1S/C17H23NO2S/c1-13(2)11-21(19,20)12-17(18-3)16-9-8-14-6-4-5-7-15(14)10-16/h4-10,13,17-18H,11-12H2,1-3H3. The van der Waals surface area contributed by atoms with E-state index in [1.54, 1.807) is 0 Å². The van der Waals surface area contributed by atoms with Gasteiger partial charge in [-0.3, -0.25) is 0 Å². The van der Waals surface area contributed by atoms with Crippen molar-refractivity contribution in [3.05, 3.63) is 48.0 Å². The summed E-state index contributed by atoms with van der Waals surface area (Å²) in [6.07, 6.45) is 0. The van der Waals surface area contributed by atoms with Gasteiger partial charge in [0, 0.05) is 6.04 Å². The highest BCUT2D eigenvalue weighted by Crippen LogP contribution is 2.22. The number of fused-ring (bicyclic) bond motifs is 1. The van der Waals surface area contributed by atoms with Crippen LogP contribution in [0.4, 0.5) is 0 Å². The van der Waals surface area contributed by atoms with Gasteiger partial charge in [0.1, 0.15) is 0 Å². The van der Waals surface area contributed by atoms with Gasteiger partial charge < -0.3 is 5.32 Å². The Bertz CT molecular complexity index is 708. The van der Waals surface area contributed by atoms with Crippen molar-refractivity contribution in [2.75, 3.05) is 18.6 Å². The van der Waals surface area contributed by atoms with Crippen LogP contribution in [0.2, 0.25) is 0 Å². The van der Waals surface area contributed by atoms with Crippen LogP contribution >= 0.6 is 0 Å². The van der Waals surface area contributed by atoms with E-state index in [4.69, 9.17) is 0 Å². The fraction of sp³-hybridized carbons (Fsp3) is 0.412. The van der Waals surface area contributed by atoms with Gasteiger partial charge in [0.25, 0.3) is 0 Å². The molecule has 0 aliphatic rings. The molecule has 0 radical (unpaired) electrons. The van der Waals surface area contributed by atoms with Gasteiger partial charge in [0.05, 0.1) is 11.5 Å². The third-order valence-corrected chi connectivity index (χ3v) is 5.55. The molecule has 21 heavy (non-hydrogen) atoms. The van der Waals surface area contributed by atoms with Crippen LogP contribution in [0, 0.1) is 5.92 Å². The molecule has 0 spiro atoms. The Labute approximate surface area is 127 Å². The molecule has 2 aromatic rings. The summed E-state index contributed by atoms with van der Waals surface area (Å²) in [6, 6.07) is 14.1. The minimum absolute atomic E-state index is 0.139. The molecule has 2 aromatic carbocycles. The zero-order chi connectivity index (χ0) is 15.5. The first-order chi connectivity index (χ1) is 9.91. The molecular weight excluding hydrogens is 282 g/mol. The van der Waals surface area contributed by atoms with Gasteiger partial charge in [-0.05, 0) is 35.4 Å². The molecule has 2 rings (SSSR count). The molecule has 4 heteroatoms. The molecule has 1 atom stereocenters. The SMILES string of the molecule is CNC(CS(=O)(=O)CC(C)C)c1ccc2ccccc2c1. The second-order valence-electron chi connectivity index (χ2n) is 5.92. The molecule has 114 valence electrons. The van der Waals surface area contributed by atoms with Gasteiger partial charge in [-0.25, -0.2) is 8.42 Å². The highest BCUT2D eigenvalue weighted by Gasteiger charge is 2.20. The first kappa shape index (κ1) is 16.0. The van der Waals surface area contributed by atoms with Gasteiger partial charge in [0.2, 0.25) is 0 Å². The average molecular weight is 305 g/mol. The second kappa shape index (κ2) is 6.58. The summed E-state index contributed by atoms with van der Waals surface area (Å²) in [4.78, 5) is 0. The molecule has 1 unspecified atom stereocenters. The summed E-state index contributed by atoms with van der Waals surface area (Å²) in [5, 5.41) is 5.44. The fourth-order valence-electron chi connectivity index (χ4n) is 2.60. The predicted molar refractivity (Wildman–Crippen MR) is 89.2 cm³/mol. The lowest BCUT2D eigenvalue weighted by Crippen LogP contribution is -2.27. The summed E-state index contributed by atoms with van der Waals surface area (Å²) in [6.45, 7) is 3.86. The van der Waals surface area contributed by atoms with E-state index in [9.17, 15) is 8.42 Å². The molecule has 0 fully saturated rings. The normalized spacial score (nSPS) is 13.7. The summed E-state index contributed by atoms with van der Waals surface area (Å²) in [5.41, 5.74) is 1.02. The fourth-order valence-corrected chi connectivity index (χ4v) is 4.62. The largest absolute Gasteiger partial charge is 0.312 e. The number of hydrogen-bond donors (Lipinski definition) is 1. The maximum Gasteiger partial charge on any atom is 0.152 e. The summed E-state index contributed by atoms with van der Waals surface area (Å²) in [5.74, 6) is 0.530. The maximum absolute atomic E-state index is 12.2. The first-order valence-electron chi connectivity index (χ1n) is 7.27. The smallest absolute Gasteiger partial charge is 0.152 e. The minimum Gasteiger partial charge on any atom is -0.312 e. The quantitative estimate of drug-likeness (QED) is 0.891. The molecule has 1 N–H and O–H groups in total. The van der Waals surface area contributed by atoms with Crippen molar-refractivity contribution in [2.24, 2.45) is 5.92 Å². The molecule has 0 amide bonds. The molecule has 0 saturated carbocycles. The Morgan fingerprint density at radius 1 is 1.00 bits per heavy atom. The molecular formula is C17H23NO2S. The van der Waals surface area contributed by atoms with Crippen molar-refractivity contribution in [2.45, 2.75) is 19.9 Å². The van der Waals surface area contributed by atoms with E-state index in [1.807, 2.05) is 51.2 Å². The monoisotopic (exact) mass is 305 g/mol. The van der Waals surface area contributed by atoms with Crippen molar-refractivity contribution in [1.29, 1.82) is 0 Å². The van der Waals surface area contributed by atoms with Crippen LogP contribution in [0.3, 0.4) is 0 Å². The van der Waals surface area contributed by atoms with Crippen LogP contribution in [0.5, 0.6) is 0 Å². The van der Waals surface area contributed by atoms with Crippen LogP contribution in [0.1, 0.15) is 25.5 Å². The Balaban J connectivity index is 2.27. The van der Waals surface area contributed by atoms with E-state index in [-0.39, 0.29) is 23.5 Å². The topological polar surface area (TPSA) is 46.2 Å². The van der Waals surface area contributed by atoms with Gasteiger partial charge >= 0.3 is 0 Å². The summed E-state index contributed by atoms with van der Waals surface area (Å²) in [7, 11) is -1.25. The molecule has 0 aliphatic heterocycles. The molecule has 0 aromatic heterocycles. The third kappa shape index (κ3) is 4.29.